The van der Waals surface area contributed by atoms with E-state index in [2.05, 4.69) is 32.9 Å². The first-order chi connectivity index (χ1) is 13.2. The summed E-state index contributed by atoms with van der Waals surface area (Å²) in [6.07, 6.45) is 2.90. The van der Waals surface area contributed by atoms with Crippen molar-refractivity contribution in [3.63, 3.8) is 0 Å². The molecule has 1 amide bonds. The van der Waals surface area contributed by atoms with Gasteiger partial charge >= 0.3 is 0 Å². The Morgan fingerprint density at radius 2 is 2.04 bits per heavy atom. The number of aromatic nitrogens is 1. The number of hydrogen-bond donors (Lipinski definition) is 3. The molecule has 0 bridgehead atoms. The first-order valence-electron chi connectivity index (χ1n) is 9.04. The van der Waals surface area contributed by atoms with Gasteiger partial charge in [0.2, 0.25) is 0 Å². The van der Waals surface area contributed by atoms with Crippen molar-refractivity contribution in [2.75, 3.05) is 26.7 Å². The molecule has 0 saturated carbocycles. The summed E-state index contributed by atoms with van der Waals surface area (Å²) in [6.45, 7) is 6.49. The number of rotatable bonds is 9. The highest BCUT2D eigenvalue weighted by molar-refractivity contribution is 7.11. The number of carbonyl (C=O) groups excluding carboxylic acids is 1. The Balaban J connectivity index is 1.79. The van der Waals surface area contributed by atoms with Crippen molar-refractivity contribution < 1.29 is 9.53 Å². The van der Waals surface area contributed by atoms with Crippen molar-refractivity contribution in [1.29, 1.82) is 0 Å². The molecule has 1 heterocycles. The third-order valence-corrected chi connectivity index (χ3v) is 4.83. The number of methoxy groups -OCH3 is 1. The molecular formula is C19H27N5O2S. The molecule has 0 saturated heterocycles. The van der Waals surface area contributed by atoms with Gasteiger partial charge in [0.05, 0.1) is 13.7 Å². The fourth-order valence-corrected chi connectivity index (χ4v) is 3.08. The monoisotopic (exact) mass is 389 g/mol. The molecule has 3 N–H and O–H groups in total. The summed E-state index contributed by atoms with van der Waals surface area (Å²) in [4.78, 5) is 22.4. The van der Waals surface area contributed by atoms with Crippen LogP contribution in [0, 0.1) is 0 Å². The minimum Gasteiger partial charge on any atom is -0.497 e. The number of ether oxygens (including phenoxy) is 1. The largest absolute Gasteiger partial charge is 0.497 e. The molecule has 0 spiro atoms. The zero-order valence-electron chi connectivity index (χ0n) is 16.0. The molecule has 0 radical (unpaired) electrons. The average Bonchev–Trinajstić information content (AvgIpc) is 3.17. The van der Waals surface area contributed by atoms with E-state index in [-0.39, 0.29) is 5.91 Å². The lowest BCUT2D eigenvalue weighted by Gasteiger charge is -2.12. The number of benzene rings is 1. The molecular weight excluding hydrogens is 362 g/mol. The van der Waals surface area contributed by atoms with Crippen molar-refractivity contribution in [1.82, 2.24) is 20.9 Å². The van der Waals surface area contributed by atoms with Gasteiger partial charge in [-0.05, 0) is 31.5 Å². The third kappa shape index (κ3) is 6.90. The predicted octanol–water partition coefficient (Wildman–Crippen LogP) is 2.20. The topological polar surface area (TPSA) is 87.6 Å². The summed E-state index contributed by atoms with van der Waals surface area (Å²) in [7, 11) is 1.58. The molecule has 0 atom stereocenters. The van der Waals surface area contributed by atoms with Crippen LogP contribution in [0.2, 0.25) is 0 Å². The van der Waals surface area contributed by atoms with Crippen molar-refractivity contribution in [2.45, 2.75) is 26.8 Å². The maximum Gasteiger partial charge on any atom is 0.251 e. The number of carbonyl (C=O) groups is 1. The molecule has 0 aliphatic heterocycles. The number of aryl methyl sites for hydroxylation is 1. The predicted molar refractivity (Wildman–Crippen MR) is 110 cm³/mol. The van der Waals surface area contributed by atoms with Crippen LogP contribution in [-0.2, 0) is 13.0 Å². The molecule has 0 aliphatic rings. The Labute approximate surface area is 164 Å². The van der Waals surface area contributed by atoms with Gasteiger partial charge in [-0.25, -0.2) is 9.98 Å². The Hall–Kier alpha value is -2.61. The van der Waals surface area contributed by atoms with Gasteiger partial charge in [0.1, 0.15) is 10.8 Å². The van der Waals surface area contributed by atoms with Crippen molar-refractivity contribution in [3.05, 3.63) is 45.9 Å². The molecule has 7 nitrogen and oxygen atoms in total. The Kier molecular flexibility index (Phi) is 8.57. The van der Waals surface area contributed by atoms with Gasteiger partial charge in [-0.15, -0.1) is 11.3 Å². The van der Waals surface area contributed by atoms with Crippen LogP contribution in [0.1, 0.15) is 34.1 Å². The summed E-state index contributed by atoms with van der Waals surface area (Å²) in [6, 6.07) is 7.08. The number of aliphatic imine (C=N–C) groups is 1. The Morgan fingerprint density at radius 1 is 1.22 bits per heavy atom. The smallest absolute Gasteiger partial charge is 0.251 e. The number of amides is 1. The highest BCUT2D eigenvalue weighted by atomic mass is 32.1. The van der Waals surface area contributed by atoms with Gasteiger partial charge in [-0.2, -0.15) is 0 Å². The molecule has 2 aromatic rings. The highest BCUT2D eigenvalue weighted by Crippen LogP contribution is 2.14. The van der Waals surface area contributed by atoms with Crippen molar-refractivity contribution in [3.8, 4) is 5.75 Å². The summed E-state index contributed by atoms with van der Waals surface area (Å²) in [5.41, 5.74) is 0.574. The van der Waals surface area contributed by atoms with Gasteiger partial charge in [0.15, 0.2) is 5.96 Å². The second-order valence-electron chi connectivity index (χ2n) is 5.68. The minimum absolute atomic E-state index is 0.132. The lowest BCUT2D eigenvalue weighted by atomic mass is 10.2. The van der Waals surface area contributed by atoms with E-state index in [4.69, 9.17) is 4.74 Å². The van der Waals surface area contributed by atoms with E-state index in [1.165, 1.54) is 4.88 Å². The number of hydrogen-bond acceptors (Lipinski definition) is 5. The van der Waals surface area contributed by atoms with E-state index in [0.717, 1.165) is 18.0 Å². The first-order valence-corrected chi connectivity index (χ1v) is 9.85. The van der Waals surface area contributed by atoms with E-state index in [9.17, 15) is 4.79 Å². The van der Waals surface area contributed by atoms with Crippen LogP contribution < -0.4 is 20.7 Å². The minimum atomic E-state index is -0.132. The van der Waals surface area contributed by atoms with Gasteiger partial charge in [0, 0.05) is 36.3 Å². The zero-order valence-corrected chi connectivity index (χ0v) is 16.9. The molecule has 0 fully saturated rings. The van der Waals surface area contributed by atoms with Crippen LogP contribution in [0.15, 0.2) is 35.5 Å². The van der Waals surface area contributed by atoms with E-state index in [0.29, 0.717) is 36.9 Å². The number of thiazole rings is 1. The van der Waals surface area contributed by atoms with Crippen LogP contribution in [0.3, 0.4) is 0 Å². The Bertz CT molecular complexity index is 760. The zero-order chi connectivity index (χ0) is 19.5. The lowest BCUT2D eigenvalue weighted by molar-refractivity contribution is 0.0954. The quantitative estimate of drug-likeness (QED) is 0.348. The van der Waals surface area contributed by atoms with E-state index in [1.807, 2.05) is 19.2 Å². The molecule has 8 heteroatoms. The van der Waals surface area contributed by atoms with Gasteiger partial charge in [-0.1, -0.05) is 13.0 Å². The average molecular weight is 390 g/mol. The second-order valence-corrected chi connectivity index (χ2v) is 6.88. The first kappa shape index (κ1) is 20.7. The van der Waals surface area contributed by atoms with Crippen molar-refractivity contribution in [2.24, 2.45) is 4.99 Å². The number of nitrogens with one attached hydrogen (secondary N) is 3. The van der Waals surface area contributed by atoms with Crippen LogP contribution in [0.25, 0.3) is 0 Å². The summed E-state index contributed by atoms with van der Waals surface area (Å²) < 4.78 is 5.14. The van der Waals surface area contributed by atoms with Gasteiger partial charge < -0.3 is 20.7 Å². The number of guanidine groups is 1. The molecule has 146 valence electrons. The second kappa shape index (κ2) is 11.2. The molecule has 1 aromatic carbocycles. The van der Waals surface area contributed by atoms with Crippen molar-refractivity contribution >= 4 is 23.2 Å². The third-order valence-electron chi connectivity index (χ3n) is 3.70. The molecule has 27 heavy (non-hydrogen) atoms. The number of nitrogens with zero attached hydrogens (tertiary/aromatic N) is 2. The highest BCUT2D eigenvalue weighted by Gasteiger charge is 2.06. The summed E-state index contributed by atoms with van der Waals surface area (Å²) in [5.74, 6) is 1.24. The van der Waals surface area contributed by atoms with Crippen LogP contribution in [0.4, 0.5) is 0 Å². The normalized spacial score (nSPS) is 11.1. The fraction of sp³-hybridized carbons (Fsp3) is 0.421. The molecule has 1 aromatic heterocycles. The lowest BCUT2D eigenvalue weighted by Crippen LogP contribution is -2.41. The van der Waals surface area contributed by atoms with Crippen LogP contribution in [0.5, 0.6) is 5.75 Å². The van der Waals surface area contributed by atoms with Crippen LogP contribution >= 0.6 is 11.3 Å². The maximum absolute atomic E-state index is 12.2. The molecule has 2 rings (SSSR count). The standard InChI is InChI=1S/C19H27N5O2S/c1-4-16-12-23-17(27-16)13-24-19(20-5-2)22-10-9-21-18(25)14-7-6-8-15(11-14)26-3/h6-8,11-12H,4-5,9-10,13H2,1-3H3,(H,21,25)(H2,20,22,24). The summed E-state index contributed by atoms with van der Waals surface area (Å²) in [5, 5.41) is 10.3. The SMILES string of the molecule is CCNC(=NCc1ncc(CC)s1)NCCNC(=O)c1cccc(OC)c1. The molecule has 0 aliphatic carbocycles. The van der Waals surface area contributed by atoms with Gasteiger partial charge in [0.25, 0.3) is 5.91 Å². The molecule has 0 unspecified atom stereocenters. The summed E-state index contributed by atoms with van der Waals surface area (Å²) >= 11 is 1.68. The van der Waals surface area contributed by atoms with E-state index < -0.39 is 0 Å². The Morgan fingerprint density at radius 3 is 2.74 bits per heavy atom. The van der Waals surface area contributed by atoms with E-state index >= 15 is 0 Å². The van der Waals surface area contributed by atoms with Crippen LogP contribution in [-0.4, -0.2) is 43.6 Å². The van der Waals surface area contributed by atoms with E-state index in [1.54, 1.807) is 36.6 Å². The van der Waals surface area contributed by atoms with Gasteiger partial charge in [-0.3, -0.25) is 4.79 Å². The maximum atomic E-state index is 12.2. The fourth-order valence-electron chi connectivity index (χ4n) is 2.30.